The van der Waals surface area contributed by atoms with Gasteiger partial charge in [0.05, 0.1) is 12.6 Å². The number of hydrogen-bond acceptors (Lipinski definition) is 3. The maximum absolute atomic E-state index is 12.6. The lowest BCUT2D eigenvalue weighted by atomic mass is 9.92. The van der Waals surface area contributed by atoms with E-state index in [2.05, 4.69) is 10.1 Å². The minimum atomic E-state index is 0.0494. The molecule has 0 aliphatic carbocycles. The lowest BCUT2D eigenvalue weighted by Gasteiger charge is -2.38. The summed E-state index contributed by atoms with van der Waals surface area (Å²) in [6.45, 7) is 3.76. The van der Waals surface area contributed by atoms with Crippen molar-refractivity contribution in [2.24, 2.45) is 5.92 Å². The highest BCUT2D eigenvalue weighted by Gasteiger charge is 2.46. The van der Waals surface area contributed by atoms with Gasteiger partial charge in [0.1, 0.15) is 5.69 Å². The number of piperidine rings is 1. The van der Waals surface area contributed by atoms with Crippen LogP contribution in [0.15, 0.2) is 36.8 Å². The highest BCUT2D eigenvalue weighted by molar-refractivity contribution is 5.92. The van der Waals surface area contributed by atoms with Gasteiger partial charge in [-0.25, -0.2) is 0 Å². The second-order valence-corrected chi connectivity index (χ2v) is 6.99. The van der Waals surface area contributed by atoms with Gasteiger partial charge in [-0.15, -0.1) is 0 Å². The molecule has 0 spiro atoms. The Morgan fingerprint density at radius 1 is 1.36 bits per heavy atom. The van der Waals surface area contributed by atoms with Crippen LogP contribution in [-0.4, -0.2) is 61.6 Å². The van der Waals surface area contributed by atoms with E-state index in [1.165, 1.54) is 0 Å². The number of likely N-dealkylation sites (tertiary alicyclic amines) is 2. The number of carbonyl (C=O) groups is 2. The van der Waals surface area contributed by atoms with E-state index in [1.807, 2.05) is 38.9 Å². The fourth-order valence-corrected chi connectivity index (χ4v) is 4.45. The SMILES string of the molecule is CC(=O)N1[C@H](Cn2cccn2)C[C@@H]2CN(C(=O)c3ccc[nH]3)CC[C@@H]21. The normalized spacial score (nSPS) is 25.9. The second kappa shape index (κ2) is 6.38. The first kappa shape index (κ1) is 15.9. The van der Waals surface area contributed by atoms with E-state index in [0.29, 0.717) is 31.2 Å². The summed E-state index contributed by atoms with van der Waals surface area (Å²) in [5.74, 6) is 0.499. The van der Waals surface area contributed by atoms with Crippen molar-refractivity contribution in [3.8, 4) is 0 Å². The third kappa shape index (κ3) is 2.94. The Kier molecular flexibility index (Phi) is 4.07. The highest BCUT2D eigenvalue weighted by Crippen LogP contribution is 2.36. The molecule has 2 amide bonds. The fourth-order valence-electron chi connectivity index (χ4n) is 4.45. The summed E-state index contributed by atoms with van der Waals surface area (Å²) in [7, 11) is 0. The summed E-state index contributed by atoms with van der Waals surface area (Å²) >= 11 is 0. The van der Waals surface area contributed by atoms with E-state index in [1.54, 1.807) is 19.3 Å². The molecule has 1 N–H and O–H groups in total. The molecule has 25 heavy (non-hydrogen) atoms. The van der Waals surface area contributed by atoms with Gasteiger partial charge in [-0.3, -0.25) is 14.3 Å². The van der Waals surface area contributed by atoms with Gasteiger partial charge in [-0.05, 0) is 37.0 Å². The second-order valence-electron chi connectivity index (χ2n) is 6.99. The van der Waals surface area contributed by atoms with Crippen LogP contribution < -0.4 is 0 Å². The molecule has 0 aromatic carbocycles. The minimum absolute atomic E-state index is 0.0494. The number of nitrogens with one attached hydrogen (secondary N) is 1. The average molecular weight is 341 g/mol. The molecule has 7 nitrogen and oxygen atoms in total. The van der Waals surface area contributed by atoms with Crippen LogP contribution >= 0.6 is 0 Å². The van der Waals surface area contributed by atoms with Crippen LogP contribution in [0.4, 0.5) is 0 Å². The summed E-state index contributed by atoms with van der Waals surface area (Å²) in [6, 6.07) is 5.92. The van der Waals surface area contributed by atoms with E-state index in [9.17, 15) is 9.59 Å². The average Bonchev–Trinajstić information content (AvgIpc) is 3.34. The molecule has 132 valence electrons. The van der Waals surface area contributed by atoms with Crippen molar-refractivity contribution >= 4 is 11.8 Å². The van der Waals surface area contributed by atoms with Gasteiger partial charge in [0.15, 0.2) is 0 Å². The molecule has 2 aromatic heterocycles. The molecule has 4 heterocycles. The third-order valence-corrected chi connectivity index (χ3v) is 5.46. The Morgan fingerprint density at radius 2 is 2.24 bits per heavy atom. The van der Waals surface area contributed by atoms with E-state index >= 15 is 0 Å². The van der Waals surface area contributed by atoms with E-state index in [-0.39, 0.29) is 23.9 Å². The summed E-state index contributed by atoms with van der Waals surface area (Å²) in [5.41, 5.74) is 0.632. The molecule has 0 unspecified atom stereocenters. The number of aromatic amines is 1. The molecule has 2 aromatic rings. The summed E-state index contributed by atoms with van der Waals surface area (Å²) in [6.07, 6.45) is 7.22. The molecule has 2 aliphatic heterocycles. The third-order valence-electron chi connectivity index (χ3n) is 5.46. The summed E-state index contributed by atoms with van der Waals surface area (Å²) in [5, 5.41) is 4.28. The van der Waals surface area contributed by atoms with Crippen molar-refractivity contribution in [3.05, 3.63) is 42.5 Å². The molecule has 7 heteroatoms. The largest absolute Gasteiger partial charge is 0.357 e. The van der Waals surface area contributed by atoms with Crippen molar-refractivity contribution in [1.82, 2.24) is 24.6 Å². The van der Waals surface area contributed by atoms with Gasteiger partial charge in [-0.1, -0.05) is 0 Å². The predicted octanol–water partition coefficient (Wildman–Crippen LogP) is 1.36. The van der Waals surface area contributed by atoms with Crippen molar-refractivity contribution < 1.29 is 9.59 Å². The maximum atomic E-state index is 12.6. The zero-order chi connectivity index (χ0) is 17.4. The van der Waals surface area contributed by atoms with Crippen LogP contribution in [0.2, 0.25) is 0 Å². The first-order valence-corrected chi connectivity index (χ1v) is 8.82. The Hall–Kier alpha value is -2.57. The first-order chi connectivity index (χ1) is 12.1. The predicted molar refractivity (Wildman–Crippen MR) is 91.7 cm³/mol. The van der Waals surface area contributed by atoms with Crippen molar-refractivity contribution in [1.29, 1.82) is 0 Å². The number of fused-ring (bicyclic) bond motifs is 1. The molecular weight excluding hydrogens is 318 g/mol. The van der Waals surface area contributed by atoms with Crippen molar-refractivity contribution in [2.45, 2.75) is 38.4 Å². The summed E-state index contributed by atoms with van der Waals surface area (Å²) in [4.78, 5) is 31.8. The lowest BCUT2D eigenvalue weighted by molar-refractivity contribution is -0.132. The van der Waals surface area contributed by atoms with Gasteiger partial charge in [0.2, 0.25) is 5.91 Å². The van der Waals surface area contributed by atoms with Gasteiger partial charge < -0.3 is 14.8 Å². The lowest BCUT2D eigenvalue weighted by Crippen LogP contribution is -2.50. The number of nitrogens with zero attached hydrogens (tertiary/aromatic N) is 4. The summed E-state index contributed by atoms with van der Waals surface area (Å²) < 4.78 is 1.89. The molecule has 3 atom stereocenters. The molecule has 2 aliphatic rings. The van der Waals surface area contributed by atoms with Gasteiger partial charge in [0, 0.05) is 44.6 Å². The number of aromatic nitrogens is 3. The van der Waals surface area contributed by atoms with E-state index < -0.39 is 0 Å². The molecule has 2 fully saturated rings. The van der Waals surface area contributed by atoms with Gasteiger partial charge in [0.25, 0.3) is 5.91 Å². The molecule has 0 saturated carbocycles. The van der Waals surface area contributed by atoms with Crippen LogP contribution in [-0.2, 0) is 11.3 Å². The molecule has 2 saturated heterocycles. The monoisotopic (exact) mass is 341 g/mol. The number of rotatable bonds is 3. The number of amides is 2. The number of hydrogen-bond donors (Lipinski definition) is 1. The zero-order valence-electron chi connectivity index (χ0n) is 14.3. The first-order valence-electron chi connectivity index (χ1n) is 8.82. The quantitative estimate of drug-likeness (QED) is 0.916. The van der Waals surface area contributed by atoms with Crippen LogP contribution in [0, 0.1) is 5.92 Å². The minimum Gasteiger partial charge on any atom is -0.357 e. The van der Waals surface area contributed by atoms with E-state index in [4.69, 9.17) is 0 Å². The standard InChI is InChI=1S/C18H23N5O2/c1-13(24)23-15(12-22-8-3-7-20-22)10-14-11-21(9-5-17(14)23)18(25)16-4-2-6-19-16/h2-4,6-8,14-15,17,19H,5,9-12H2,1H3/t14-,15+,17+/m1/s1. The smallest absolute Gasteiger partial charge is 0.270 e. The fraction of sp³-hybridized carbons (Fsp3) is 0.500. The molecule has 0 bridgehead atoms. The maximum Gasteiger partial charge on any atom is 0.270 e. The van der Waals surface area contributed by atoms with Crippen LogP contribution in [0.25, 0.3) is 0 Å². The van der Waals surface area contributed by atoms with E-state index in [0.717, 1.165) is 12.8 Å². The van der Waals surface area contributed by atoms with Crippen molar-refractivity contribution in [2.75, 3.05) is 13.1 Å². The number of H-pyrrole nitrogens is 1. The topological polar surface area (TPSA) is 74.2 Å². The highest BCUT2D eigenvalue weighted by atomic mass is 16.2. The Bertz CT molecular complexity index is 740. The molecular formula is C18H23N5O2. The van der Waals surface area contributed by atoms with Crippen LogP contribution in [0.5, 0.6) is 0 Å². The number of carbonyl (C=O) groups excluding carboxylic acids is 2. The zero-order valence-corrected chi connectivity index (χ0v) is 14.3. The van der Waals surface area contributed by atoms with Gasteiger partial charge in [-0.2, -0.15) is 5.10 Å². The Morgan fingerprint density at radius 3 is 2.92 bits per heavy atom. The van der Waals surface area contributed by atoms with Crippen LogP contribution in [0.3, 0.4) is 0 Å². The van der Waals surface area contributed by atoms with Gasteiger partial charge >= 0.3 is 0 Å². The van der Waals surface area contributed by atoms with Crippen LogP contribution in [0.1, 0.15) is 30.3 Å². The molecule has 4 rings (SSSR count). The van der Waals surface area contributed by atoms with Crippen molar-refractivity contribution in [3.63, 3.8) is 0 Å². The Labute approximate surface area is 146 Å². The molecule has 0 radical (unpaired) electrons. The Balaban J connectivity index is 1.49.